The Hall–Kier alpha value is -0.590. The van der Waals surface area contributed by atoms with E-state index < -0.39 is 17.3 Å². The van der Waals surface area contributed by atoms with Crippen LogP contribution in [0, 0.1) is 5.82 Å². The molecule has 0 spiro atoms. The second-order valence-corrected chi connectivity index (χ2v) is 5.59. The molecule has 106 valence electrons. The molecule has 0 amide bonds. The van der Waals surface area contributed by atoms with Gasteiger partial charge in [-0.15, -0.1) is 0 Å². The highest BCUT2D eigenvalue weighted by Crippen LogP contribution is 2.35. The highest BCUT2D eigenvalue weighted by Gasteiger charge is 2.35. The van der Waals surface area contributed by atoms with Gasteiger partial charge in [-0.05, 0) is 18.2 Å². The maximum atomic E-state index is 14.0. The van der Waals surface area contributed by atoms with Gasteiger partial charge in [-0.2, -0.15) is 0 Å². The molecule has 1 aromatic rings. The lowest BCUT2D eigenvalue weighted by Gasteiger charge is -2.29. The third kappa shape index (κ3) is 3.94. The number of benzene rings is 1. The Morgan fingerprint density at radius 3 is 2.63 bits per heavy atom. The zero-order chi connectivity index (χ0) is 13.9. The molecule has 0 aromatic heterocycles. The van der Waals surface area contributed by atoms with Gasteiger partial charge in [0.1, 0.15) is 5.82 Å². The monoisotopic (exact) mass is 336 g/mol. The summed E-state index contributed by atoms with van der Waals surface area (Å²) in [5.74, 6) is -3.99. The first-order valence-electron chi connectivity index (χ1n) is 6.25. The van der Waals surface area contributed by atoms with Gasteiger partial charge in [0.05, 0.1) is 5.56 Å². The molecule has 1 aliphatic heterocycles. The molecule has 0 saturated carbocycles. The molecule has 1 aromatic carbocycles. The van der Waals surface area contributed by atoms with E-state index in [1.54, 1.807) is 0 Å². The largest absolute Gasteiger partial charge is 0.314 e. The van der Waals surface area contributed by atoms with Crippen molar-refractivity contribution in [2.45, 2.75) is 12.3 Å². The molecule has 0 bridgehead atoms. The van der Waals surface area contributed by atoms with E-state index >= 15 is 0 Å². The van der Waals surface area contributed by atoms with Crippen molar-refractivity contribution < 1.29 is 13.2 Å². The fraction of sp³-hybridized carbons (Fsp3) is 0.538. The van der Waals surface area contributed by atoms with Crippen molar-refractivity contribution in [1.29, 1.82) is 0 Å². The van der Waals surface area contributed by atoms with Gasteiger partial charge >= 0.3 is 0 Å². The van der Waals surface area contributed by atoms with Crippen LogP contribution in [0.3, 0.4) is 0 Å². The van der Waals surface area contributed by atoms with Gasteiger partial charge in [0.15, 0.2) is 0 Å². The Balaban J connectivity index is 2.02. The molecule has 0 radical (unpaired) electrons. The van der Waals surface area contributed by atoms with E-state index in [4.69, 9.17) is 0 Å². The van der Waals surface area contributed by atoms with Crippen LogP contribution < -0.4 is 5.32 Å². The minimum absolute atomic E-state index is 0.278. The number of piperazine rings is 1. The lowest BCUT2D eigenvalue weighted by Crippen LogP contribution is -2.44. The average Bonchev–Trinajstić information content (AvgIpc) is 2.40. The standard InChI is InChI=1S/C13H16BrF3N2/c14-10-1-2-12(15)11(9-10)13(16,17)3-6-19-7-4-18-5-8-19/h1-2,9,18H,3-8H2. The summed E-state index contributed by atoms with van der Waals surface area (Å²) >= 11 is 3.10. The lowest BCUT2D eigenvalue weighted by molar-refractivity contribution is -0.0257. The smallest absolute Gasteiger partial charge is 0.277 e. The van der Waals surface area contributed by atoms with E-state index in [1.807, 2.05) is 4.90 Å². The van der Waals surface area contributed by atoms with E-state index in [2.05, 4.69) is 21.2 Å². The fourth-order valence-corrected chi connectivity index (χ4v) is 2.51. The van der Waals surface area contributed by atoms with Gasteiger partial charge in [-0.1, -0.05) is 15.9 Å². The normalized spacial score (nSPS) is 17.7. The van der Waals surface area contributed by atoms with Crippen molar-refractivity contribution in [3.63, 3.8) is 0 Å². The van der Waals surface area contributed by atoms with Gasteiger partial charge in [0, 0.05) is 43.6 Å². The van der Waals surface area contributed by atoms with Gasteiger partial charge < -0.3 is 10.2 Å². The molecule has 1 saturated heterocycles. The number of halogens is 4. The number of hydrogen-bond acceptors (Lipinski definition) is 2. The molecular weight excluding hydrogens is 321 g/mol. The molecule has 1 heterocycles. The number of hydrogen-bond donors (Lipinski definition) is 1. The van der Waals surface area contributed by atoms with Crippen molar-refractivity contribution in [2.24, 2.45) is 0 Å². The second-order valence-electron chi connectivity index (χ2n) is 4.67. The molecular formula is C13H16BrF3N2. The van der Waals surface area contributed by atoms with Crippen molar-refractivity contribution in [3.8, 4) is 0 Å². The van der Waals surface area contributed by atoms with Crippen LogP contribution in [0.2, 0.25) is 0 Å². The van der Waals surface area contributed by atoms with Crippen molar-refractivity contribution >= 4 is 15.9 Å². The Kier molecular flexibility index (Phi) is 4.86. The Morgan fingerprint density at radius 1 is 1.26 bits per heavy atom. The van der Waals surface area contributed by atoms with Crippen LogP contribution in [0.25, 0.3) is 0 Å². The van der Waals surface area contributed by atoms with E-state index in [-0.39, 0.29) is 13.0 Å². The molecule has 19 heavy (non-hydrogen) atoms. The Bertz CT molecular complexity index is 434. The maximum Gasteiger partial charge on any atom is 0.277 e. The van der Waals surface area contributed by atoms with E-state index in [0.717, 1.165) is 38.3 Å². The summed E-state index contributed by atoms with van der Waals surface area (Å²) in [6, 6.07) is 3.65. The number of alkyl halides is 2. The number of nitrogens with zero attached hydrogens (tertiary/aromatic N) is 1. The van der Waals surface area contributed by atoms with Crippen LogP contribution in [0.1, 0.15) is 12.0 Å². The first-order chi connectivity index (χ1) is 8.99. The average molecular weight is 337 g/mol. The SMILES string of the molecule is Fc1ccc(Br)cc1C(F)(F)CCN1CCNCC1. The third-order valence-corrected chi connectivity index (χ3v) is 3.77. The fourth-order valence-electron chi connectivity index (χ4n) is 2.15. The van der Waals surface area contributed by atoms with E-state index in [1.165, 1.54) is 6.07 Å². The summed E-state index contributed by atoms with van der Waals surface area (Å²) in [5, 5.41) is 3.16. The predicted octanol–water partition coefficient (Wildman–Crippen LogP) is 2.98. The van der Waals surface area contributed by atoms with Crippen LogP contribution in [0.5, 0.6) is 0 Å². The van der Waals surface area contributed by atoms with Crippen LogP contribution in [-0.4, -0.2) is 37.6 Å². The lowest BCUT2D eigenvalue weighted by atomic mass is 10.0. The molecule has 0 unspecified atom stereocenters. The molecule has 0 aliphatic carbocycles. The number of rotatable bonds is 4. The minimum Gasteiger partial charge on any atom is -0.314 e. The van der Waals surface area contributed by atoms with Crippen LogP contribution >= 0.6 is 15.9 Å². The molecule has 0 atom stereocenters. The molecule has 1 fully saturated rings. The summed E-state index contributed by atoms with van der Waals surface area (Å²) in [4.78, 5) is 1.97. The van der Waals surface area contributed by atoms with Crippen LogP contribution in [0.4, 0.5) is 13.2 Å². The Labute approximate surface area is 119 Å². The molecule has 2 rings (SSSR count). The Morgan fingerprint density at radius 2 is 1.95 bits per heavy atom. The minimum atomic E-state index is -3.14. The summed E-state index contributed by atoms with van der Waals surface area (Å²) in [7, 11) is 0. The highest BCUT2D eigenvalue weighted by molar-refractivity contribution is 9.10. The third-order valence-electron chi connectivity index (χ3n) is 3.27. The summed E-state index contributed by atoms with van der Waals surface area (Å²) in [6.45, 7) is 3.43. The molecule has 1 aliphatic rings. The van der Waals surface area contributed by atoms with Gasteiger partial charge in [-0.3, -0.25) is 0 Å². The molecule has 1 N–H and O–H groups in total. The van der Waals surface area contributed by atoms with Crippen molar-refractivity contribution in [3.05, 3.63) is 34.1 Å². The maximum absolute atomic E-state index is 14.0. The second kappa shape index (κ2) is 6.24. The summed E-state index contributed by atoms with van der Waals surface area (Å²) in [5.41, 5.74) is -0.531. The van der Waals surface area contributed by atoms with Crippen molar-refractivity contribution in [1.82, 2.24) is 10.2 Å². The topological polar surface area (TPSA) is 15.3 Å². The quantitative estimate of drug-likeness (QED) is 0.909. The zero-order valence-corrected chi connectivity index (χ0v) is 12.0. The highest BCUT2D eigenvalue weighted by atomic mass is 79.9. The van der Waals surface area contributed by atoms with Gasteiger partial charge in [-0.25, -0.2) is 13.2 Å². The molecule has 6 heteroatoms. The molecule has 2 nitrogen and oxygen atoms in total. The zero-order valence-electron chi connectivity index (χ0n) is 10.4. The van der Waals surface area contributed by atoms with Crippen LogP contribution in [-0.2, 0) is 5.92 Å². The van der Waals surface area contributed by atoms with Crippen LogP contribution in [0.15, 0.2) is 22.7 Å². The first-order valence-corrected chi connectivity index (χ1v) is 7.05. The summed E-state index contributed by atoms with van der Waals surface area (Å²) < 4.78 is 42.1. The van der Waals surface area contributed by atoms with Gasteiger partial charge in [0.25, 0.3) is 5.92 Å². The predicted molar refractivity (Wildman–Crippen MR) is 71.9 cm³/mol. The van der Waals surface area contributed by atoms with E-state index in [9.17, 15) is 13.2 Å². The first kappa shape index (κ1) is 14.8. The number of nitrogens with one attached hydrogen (secondary N) is 1. The summed E-state index contributed by atoms with van der Waals surface area (Å²) in [6.07, 6.45) is -0.361. The van der Waals surface area contributed by atoms with E-state index in [0.29, 0.717) is 4.47 Å². The van der Waals surface area contributed by atoms with Gasteiger partial charge in [0.2, 0.25) is 0 Å². The van der Waals surface area contributed by atoms with Crippen molar-refractivity contribution in [2.75, 3.05) is 32.7 Å².